The molecule has 6 nitrogen and oxygen atoms in total. The fourth-order valence-corrected chi connectivity index (χ4v) is 5.71. The smallest absolute Gasteiger partial charge is 0.241 e. The topological polar surface area (TPSA) is 111 Å². The van der Waals surface area contributed by atoms with E-state index in [4.69, 9.17) is 11.5 Å². The number of sulfonamides is 1. The minimum Gasteiger partial charge on any atom is -0.399 e. The molecule has 1 heterocycles. The Labute approximate surface area is 152 Å². The van der Waals surface area contributed by atoms with Crippen molar-refractivity contribution < 1.29 is 8.42 Å². The van der Waals surface area contributed by atoms with Crippen molar-refractivity contribution in [2.24, 2.45) is 5.73 Å². The molecular weight excluding hydrogens is 356 g/mol. The van der Waals surface area contributed by atoms with E-state index in [9.17, 15) is 8.42 Å². The Morgan fingerprint density at radius 1 is 1.28 bits per heavy atom. The van der Waals surface area contributed by atoms with Crippen LogP contribution in [0.2, 0.25) is 0 Å². The Bertz CT molecular complexity index is 878. The van der Waals surface area contributed by atoms with Gasteiger partial charge in [-0.3, -0.25) is 0 Å². The van der Waals surface area contributed by atoms with Crippen LogP contribution in [-0.2, 0) is 10.0 Å². The molecule has 1 aromatic carbocycles. The van der Waals surface area contributed by atoms with E-state index in [1.54, 1.807) is 39.1 Å². The second kappa shape index (κ2) is 6.35. The molecule has 0 bridgehead atoms. The van der Waals surface area contributed by atoms with Gasteiger partial charge in [-0.05, 0) is 45.7 Å². The number of nitrogens with zero attached hydrogens (tertiary/aromatic N) is 1. The van der Waals surface area contributed by atoms with E-state index in [0.717, 1.165) is 22.7 Å². The van der Waals surface area contributed by atoms with Crippen LogP contribution in [0, 0.1) is 0 Å². The summed E-state index contributed by atoms with van der Waals surface area (Å²) in [5.74, 6) is 0.385. The number of nitrogens with two attached hydrogens (primary N) is 2. The van der Waals surface area contributed by atoms with Crippen LogP contribution in [0.5, 0.6) is 0 Å². The first-order valence-electron chi connectivity index (χ1n) is 8.20. The van der Waals surface area contributed by atoms with E-state index in [0.29, 0.717) is 17.2 Å². The molecule has 0 spiro atoms. The summed E-state index contributed by atoms with van der Waals surface area (Å²) in [5.41, 5.74) is 12.2. The van der Waals surface area contributed by atoms with Crippen LogP contribution >= 0.6 is 11.3 Å². The van der Waals surface area contributed by atoms with Gasteiger partial charge in [0.25, 0.3) is 0 Å². The number of aromatic nitrogens is 1. The number of nitrogen functional groups attached to an aromatic ring is 1. The van der Waals surface area contributed by atoms with E-state index in [2.05, 4.69) is 9.71 Å². The molecule has 0 unspecified atom stereocenters. The van der Waals surface area contributed by atoms with Crippen molar-refractivity contribution >= 4 is 27.0 Å². The van der Waals surface area contributed by atoms with Gasteiger partial charge in [0, 0.05) is 34.9 Å². The van der Waals surface area contributed by atoms with Crippen molar-refractivity contribution in [3.8, 4) is 10.4 Å². The van der Waals surface area contributed by atoms with Gasteiger partial charge < -0.3 is 11.5 Å². The Kier molecular flexibility index (Phi) is 4.65. The number of hydrogen-bond donors (Lipinski definition) is 3. The third-order valence-corrected chi connectivity index (χ3v) is 7.04. The van der Waals surface area contributed by atoms with Crippen molar-refractivity contribution in [3.63, 3.8) is 0 Å². The van der Waals surface area contributed by atoms with Crippen LogP contribution in [-0.4, -0.2) is 25.0 Å². The molecule has 0 atom stereocenters. The Morgan fingerprint density at radius 3 is 2.56 bits per heavy atom. The molecule has 1 aliphatic carbocycles. The van der Waals surface area contributed by atoms with Gasteiger partial charge in [0.2, 0.25) is 10.0 Å². The van der Waals surface area contributed by atoms with Crippen LogP contribution in [0.15, 0.2) is 29.3 Å². The highest BCUT2D eigenvalue weighted by molar-refractivity contribution is 7.89. The van der Waals surface area contributed by atoms with E-state index in [1.165, 1.54) is 17.4 Å². The van der Waals surface area contributed by atoms with Crippen molar-refractivity contribution in [3.05, 3.63) is 29.4 Å². The molecule has 2 aromatic rings. The maximum Gasteiger partial charge on any atom is 0.241 e. The monoisotopic (exact) mass is 380 g/mol. The molecule has 1 aliphatic rings. The maximum atomic E-state index is 12.8. The van der Waals surface area contributed by atoms with Crippen LogP contribution in [0.4, 0.5) is 5.69 Å². The lowest BCUT2D eigenvalue weighted by molar-refractivity contribution is 0.350. The number of hydrogen-bond acceptors (Lipinski definition) is 6. The fourth-order valence-electron chi connectivity index (χ4n) is 2.89. The first kappa shape index (κ1) is 18.3. The summed E-state index contributed by atoms with van der Waals surface area (Å²) in [6.07, 6.45) is 3.61. The third-order valence-electron chi connectivity index (χ3n) is 4.05. The van der Waals surface area contributed by atoms with Gasteiger partial charge >= 0.3 is 0 Å². The highest BCUT2D eigenvalue weighted by Crippen LogP contribution is 2.41. The zero-order valence-electron chi connectivity index (χ0n) is 14.6. The van der Waals surface area contributed by atoms with Gasteiger partial charge in [-0.2, -0.15) is 0 Å². The SMILES string of the molecule is CC(C)(C)NS(=O)(=O)c1cc(N)ccc1-c1cnc(C2CC(N)C2)s1. The van der Waals surface area contributed by atoms with Crippen LogP contribution in [0.3, 0.4) is 0 Å². The van der Waals surface area contributed by atoms with Gasteiger partial charge in [-0.1, -0.05) is 6.07 Å². The van der Waals surface area contributed by atoms with Crippen LogP contribution < -0.4 is 16.2 Å². The molecule has 1 saturated carbocycles. The molecule has 3 rings (SSSR count). The summed E-state index contributed by atoms with van der Waals surface area (Å²) in [7, 11) is -3.70. The molecule has 136 valence electrons. The molecule has 0 aliphatic heterocycles. The second-order valence-electron chi connectivity index (χ2n) is 7.60. The number of thiazole rings is 1. The zero-order valence-corrected chi connectivity index (χ0v) is 16.2. The predicted molar refractivity (Wildman–Crippen MR) is 102 cm³/mol. The summed E-state index contributed by atoms with van der Waals surface area (Å²) in [6, 6.07) is 5.21. The molecule has 0 radical (unpaired) electrons. The van der Waals surface area contributed by atoms with Crippen LogP contribution in [0.1, 0.15) is 44.5 Å². The van der Waals surface area contributed by atoms with E-state index < -0.39 is 15.6 Å². The van der Waals surface area contributed by atoms with Gasteiger partial charge in [-0.15, -0.1) is 11.3 Å². The number of benzene rings is 1. The minimum atomic E-state index is -3.70. The highest BCUT2D eigenvalue weighted by atomic mass is 32.2. The van der Waals surface area contributed by atoms with E-state index in [1.807, 2.05) is 0 Å². The lowest BCUT2D eigenvalue weighted by Gasteiger charge is -2.30. The first-order chi connectivity index (χ1) is 11.5. The third kappa shape index (κ3) is 4.03. The molecule has 1 fully saturated rings. The summed E-state index contributed by atoms with van der Waals surface area (Å²) in [6.45, 7) is 5.42. The standard InChI is InChI=1S/C17H24N4O2S2/c1-17(2,3)21-25(22,23)15-8-11(18)4-5-13(15)14-9-20-16(24-14)10-6-12(19)7-10/h4-5,8-10,12,21H,6-7,18-19H2,1-3H3. The normalized spacial score (nSPS) is 21.1. The molecule has 25 heavy (non-hydrogen) atoms. The molecule has 0 amide bonds. The average molecular weight is 381 g/mol. The van der Waals surface area contributed by atoms with Crippen molar-refractivity contribution in [2.75, 3.05) is 5.73 Å². The predicted octanol–water partition coefficient (Wildman–Crippen LogP) is 2.67. The van der Waals surface area contributed by atoms with E-state index >= 15 is 0 Å². The van der Waals surface area contributed by atoms with E-state index in [-0.39, 0.29) is 10.9 Å². The van der Waals surface area contributed by atoms with Crippen molar-refractivity contribution in [1.29, 1.82) is 0 Å². The Balaban J connectivity index is 2.00. The average Bonchev–Trinajstić information content (AvgIpc) is 2.90. The summed E-state index contributed by atoms with van der Waals surface area (Å²) in [5, 5.41) is 1.01. The molecule has 1 aromatic heterocycles. The van der Waals surface area contributed by atoms with Crippen molar-refractivity contribution in [2.45, 2.75) is 56.0 Å². The Morgan fingerprint density at radius 2 is 1.96 bits per heavy atom. The van der Waals surface area contributed by atoms with Gasteiger partial charge in [0.1, 0.15) is 0 Å². The van der Waals surface area contributed by atoms with Gasteiger partial charge in [0.15, 0.2) is 0 Å². The Hall–Kier alpha value is -1.48. The molecule has 0 saturated heterocycles. The summed E-state index contributed by atoms with van der Waals surface area (Å²) >= 11 is 1.53. The largest absolute Gasteiger partial charge is 0.399 e. The lowest BCUT2D eigenvalue weighted by atomic mass is 9.81. The first-order valence-corrected chi connectivity index (χ1v) is 10.5. The number of nitrogens with one attached hydrogen (secondary N) is 1. The minimum absolute atomic E-state index is 0.183. The zero-order chi connectivity index (χ0) is 18.4. The lowest BCUT2D eigenvalue weighted by Crippen LogP contribution is -2.40. The molecule has 8 heteroatoms. The molecule has 5 N–H and O–H groups in total. The van der Waals surface area contributed by atoms with Gasteiger partial charge in [0.05, 0.1) is 14.8 Å². The summed E-state index contributed by atoms with van der Waals surface area (Å²) < 4.78 is 28.4. The molecular formula is C17H24N4O2S2. The van der Waals surface area contributed by atoms with Gasteiger partial charge in [-0.25, -0.2) is 18.1 Å². The quantitative estimate of drug-likeness (QED) is 0.706. The van der Waals surface area contributed by atoms with Crippen LogP contribution in [0.25, 0.3) is 10.4 Å². The highest BCUT2D eigenvalue weighted by Gasteiger charge is 2.31. The maximum absolute atomic E-state index is 12.8. The number of anilines is 1. The van der Waals surface area contributed by atoms with Crippen molar-refractivity contribution in [1.82, 2.24) is 9.71 Å². The summed E-state index contributed by atoms with van der Waals surface area (Å²) in [4.78, 5) is 5.49. The number of rotatable bonds is 4. The second-order valence-corrected chi connectivity index (χ2v) is 10.3. The fraction of sp³-hybridized carbons (Fsp3) is 0.471.